The zero-order valence-electron chi connectivity index (χ0n) is 46.1. The minimum absolute atomic E-state index is 0.746. The van der Waals surface area contributed by atoms with E-state index >= 15 is 0 Å². The lowest BCUT2D eigenvalue weighted by Crippen LogP contribution is -2.37. The summed E-state index contributed by atoms with van der Waals surface area (Å²) in [6, 6.07) is 92.7. The number of nitrogens with zero attached hydrogens (tertiary/aromatic N) is 3. The first-order valence-electron chi connectivity index (χ1n) is 27.9. The van der Waals surface area contributed by atoms with Crippen LogP contribution in [-0.2, 0) is 5.41 Å². The van der Waals surface area contributed by atoms with Crippen LogP contribution >= 0.6 is 0 Å². The molecule has 0 fully saturated rings. The summed E-state index contributed by atoms with van der Waals surface area (Å²) in [7, 11) is -3.27. The molecule has 1 atom stereocenters. The predicted octanol–water partition coefficient (Wildman–Crippen LogP) is 19.2. The number of anilines is 6. The van der Waals surface area contributed by atoms with Gasteiger partial charge in [-0.2, -0.15) is 0 Å². The highest BCUT2D eigenvalue weighted by Crippen LogP contribution is 2.65. The number of aromatic nitrogens is 1. The van der Waals surface area contributed by atoms with E-state index in [2.05, 4.69) is 298 Å². The number of ether oxygens (including phenoxy) is 1. The van der Waals surface area contributed by atoms with E-state index in [1.165, 1.54) is 38.0 Å². The summed E-state index contributed by atoms with van der Waals surface area (Å²) >= 11 is 0. The van der Waals surface area contributed by atoms with Crippen molar-refractivity contribution in [3.63, 3.8) is 0 Å². The molecule has 4 nitrogen and oxygen atoms in total. The van der Waals surface area contributed by atoms with Crippen LogP contribution in [0.25, 0.3) is 54.9 Å². The molecule has 0 bridgehead atoms. The summed E-state index contributed by atoms with van der Waals surface area (Å²) < 4.78 is 7.15. The molecule has 1 unspecified atom stereocenters. The molecule has 6 heteroatoms. The Kier molecular flexibility index (Phi) is 11.7. The maximum absolute atomic E-state index is 7.15. The fraction of sp³-hybridized carbons (Fsp3) is 0.0946. The molecule has 2 heterocycles. The number of para-hydroxylation sites is 2. The summed E-state index contributed by atoms with van der Waals surface area (Å²) in [4.78, 5) is 9.80. The Labute approximate surface area is 471 Å². The van der Waals surface area contributed by atoms with E-state index in [1.807, 2.05) is 12.4 Å². The van der Waals surface area contributed by atoms with Crippen molar-refractivity contribution in [2.24, 2.45) is 0 Å². The monoisotopic (exact) mass is 1060 g/mol. The highest BCUT2D eigenvalue weighted by Gasteiger charge is 2.53. The second-order valence-corrected chi connectivity index (χ2v) is 33.7. The number of hydrogen-bond donors (Lipinski definition) is 0. The lowest BCUT2D eigenvalue weighted by molar-refractivity contribution is 0.435. The first-order chi connectivity index (χ1) is 38.9. The Balaban J connectivity index is 1.11. The van der Waals surface area contributed by atoms with Gasteiger partial charge in [-0.05, 0) is 122 Å². The summed E-state index contributed by atoms with van der Waals surface area (Å²) in [5.41, 5.74) is 17.3. The summed E-state index contributed by atoms with van der Waals surface area (Å²) in [5, 5.41) is 7.47. The largest absolute Gasteiger partial charge is 0.455 e. The molecule has 1 aliphatic carbocycles. The van der Waals surface area contributed by atoms with Crippen LogP contribution in [0.1, 0.15) is 22.3 Å². The zero-order valence-corrected chi connectivity index (χ0v) is 48.1. The van der Waals surface area contributed by atoms with E-state index in [1.54, 1.807) is 0 Å². The van der Waals surface area contributed by atoms with Gasteiger partial charge in [-0.25, -0.2) is 0 Å². The van der Waals surface area contributed by atoms with Crippen LogP contribution < -0.4 is 24.9 Å². The molecular weight excluding hydrogens is 1000 g/mol. The highest BCUT2D eigenvalue weighted by molar-refractivity contribution is 6.89. The summed E-state index contributed by atoms with van der Waals surface area (Å²) in [6.07, 6.45) is 3.87. The van der Waals surface area contributed by atoms with E-state index < -0.39 is 21.6 Å². The van der Waals surface area contributed by atoms with Gasteiger partial charge in [0, 0.05) is 50.9 Å². The normalized spacial score (nSPS) is 14.3. The molecule has 0 saturated heterocycles. The quantitative estimate of drug-likeness (QED) is 0.128. The van der Waals surface area contributed by atoms with E-state index in [0.717, 1.165) is 95.2 Å². The van der Waals surface area contributed by atoms with Crippen LogP contribution in [0.2, 0.25) is 39.3 Å². The van der Waals surface area contributed by atoms with Crippen LogP contribution in [0.3, 0.4) is 0 Å². The van der Waals surface area contributed by atoms with Crippen molar-refractivity contribution >= 4 is 82.2 Å². The average Bonchev–Trinajstić information content (AvgIpc) is 3.59. The topological polar surface area (TPSA) is 28.6 Å². The number of benzene rings is 11. The van der Waals surface area contributed by atoms with Crippen molar-refractivity contribution < 1.29 is 4.74 Å². The maximum Gasteiger partial charge on any atom is 0.150 e. The second kappa shape index (κ2) is 19.1. The number of fused-ring (bicyclic) bond motifs is 12. The van der Waals surface area contributed by atoms with Crippen molar-refractivity contribution in [2.45, 2.75) is 44.7 Å². The molecule has 0 saturated carbocycles. The molecule has 1 aromatic heterocycles. The lowest BCUT2D eigenvalue weighted by Gasteiger charge is -2.40. The van der Waals surface area contributed by atoms with Gasteiger partial charge < -0.3 is 14.5 Å². The van der Waals surface area contributed by atoms with Crippen molar-refractivity contribution in [1.29, 1.82) is 0 Å². The van der Waals surface area contributed by atoms with E-state index in [9.17, 15) is 0 Å². The first-order valence-corrected chi connectivity index (χ1v) is 34.9. The van der Waals surface area contributed by atoms with Crippen LogP contribution in [-0.4, -0.2) is 21.1 Å². The Morgan fingerprint density at radius 2 is 0.875 bits per heavy atom. The number of rotatable bonds is 10. The van der Waals surface area contributed by atoms with Gasteiger partial charge in [-0.3, -0.25) is 4.98 Å². The molecule has 12 aromatic rings. The predicted molar refractivity (Wildman–Crippen MR) is 343 cm³/mol. The number of hydrogen-bond acceptors (Lipinski definition) is 4. The van der Waals surface area contributed by atoms with Gasteiger partial charge in [0.15, 0.2) is 5.75 Å². The van der Waals surface area contributed by atoms with Gasteiger partial charge in [0.1, 0.15) is 5.75 Å². The lowest BCUT2D eigenvalue weighted by atomic mass is 9.65. The molecule has 1 spiro atoms. The molecule has 80 heavy (non-hydrogen) atoms. The van der Waals surface area contributed by atoms with E-state index in [-0.39, 0.29) is 0 Å². The van der Waals surface area contributed by atoms with Crippen LogP contribution in [0.5, 0.6) is 11.5 Å². The van der Waals surface area contributed by atoms with E-state index in [4.69, 9.17) is 9.72 Å². The van der Waals surface area contributed by atoms with Gasteiger partial charge >= 0.3 is 0 Å². The van der Waals surface area contributed by atoms with Gasteiger partial charge in [-0.15, -0.1) is 0 Å². The molecule has 1 aliphatic heterocycles. The Hall–Kier alpha value is -9.08. The van der Waals surface area contributed by atoms with Crippen molar-refractivity contribution in [3.8, 4) is 44.9 Å². The minimum Gasteiger partial charge on any atom is -0.455 e. The SMILES string of the molecule is C[Si](C)(C)c1ccc(N(c2ccc3c(c2)C2(c4ccncc4Oc4cc5ccccc5cc42)c2cc(N(c4ccc([Si](C)(C)C)cc4)c4ccccc4-c4ccccc4)c4ccccc4c2-3)c2ccccc2-c2ccccc2)cc1. The maximum atomic E-state index is 7.15. The Bertz CT molecular complexity index is 4350. The van der Waals surface area contributed by atoms with Crippen LogP contribution in [0, 0.1) is 0 Å². The average molecular weight is 1060 g/mol. The first kappa shape index (κ1) is 49.2. The summed E-state index contributed by atoms with van der Waals surface area (Å²) in [5.74, 6) is 1.57. The van der Waals surface area contributed by atoms with E-state index in [0.29, 0.717) is 0 Å². The van der Waals surface area contributed by atoms with Gasteiger partial charge in [0.25, 0.3) is 0 Å². The van der Waals surface area contributed by atoms with Crippen molar-refractivity contribution in [1.82, 2.24) is 4.98 Å². The van der Waals surface area contributed by atoms with Crippen molar-refractivity contribution in [2.75, 3.05) is 9.80 Å². The molecule has 14 rings (SSSR count). The molecule has 11 aromatic carbocycles. The Morgan fingerprint density at radius 1 is 0.362 bits per heavy atom. The van der Waals surface area contributed by atoms with Crippen LogP contribution in [0.4, 0.5) is 34.1 Å². The molecule has 2 aliphatic rings. The molecule has 0 N–H and O–H groups in total. The zero-order chi connectivity index (χ0) is 54.3. The third-order valence-corrected chi connectivity index (χ3v) is 20.8. The smallest absolute Gasteiger partial charge is 0.150 e. The second-order valence-electron chi connectivity index (χ2n) is 23.5. The summed E-state index contributed by atoms with van der Waals surface area (Å²) in [6.45, 7) is 14.5. The van der Waals surface area contributed by atoms with Crippen LogP contribution in [0.15, 0.2) is 261 Å². The molecule has 0 radical (unpaired) electrons. The fourth-order valence-electron chi connectivity index (χ4n) is 12.8. The van der Waals surface area contributed by atoms with Gasteiger partial charge in [-0.1, -0.05) is 226 Å². The fourth-order valence-corrected chi connectivity index (χ4v) is 15.1. The van der Waals surface area contributed by atoms with Crippen molar-refractivity contribution in [3.05, 3.63) is 283 Å². The van der Waals surface area contributed by atoms with Gasteiger partial charge in [0.05, 0.1) is 44.8 Å². The highest BCUT2D eigenvalue weighted by atomic mass is 28.3. The third kappa shape index (κ3) is 8.04. The van der Waals surface area contributed by atoms with Gasteiger partial charge in [0.2, 0.25) is 0 Å². The third-order valence-electron chi connectivity index (χ3n) is 16.7. The Morgan fingerprint density at radius 3 is 1.49 bits per heavy atom. The standard InChI is InChI=1S/C74H61N3OSi2/c1-79(2,3)57-38-33-54(34-39-57)76(68-31-19-17-27-59(68)50-21-9-7-10-22-50)56-37-42-63-65(47-56)74(64-43-44-75-49-72(64)78-71-46-53-26-14-13-25-52(53)45-66(71)74)67-48-70(61-29-15-16-30-62(61)73(63)67)77(55-35-40-58(41-36-55)80(4,5)6)69-32-20-18-28-60(69)51-23-11-8-12-24-51/h7-49H,1-6H3. The molecular formula is C74H61N3OSi2. The minimum atomic E-state index is -1.65. The molecule has 386 valence electrons. The number of pyridine rings is 1. The molecule has 0 amide bonds.